The molecule has 1 aromatic rings. The highest BCUT2D eigenvalue weighted by Crippen LogP contribution is 2.34. The lowest BCUT2D eigenvalue weighted by atomic mass is 9.83. The van der Waals surface area contributed by atoms with Gasteiger partial charge >= 0.3 is 0 Å². The molecule has 2 unspecified atom stereocenters. The lowest BCUT2D eigenvalue weighted by Gasteiger charge is -2.28. The van der Waals surface area contributed by atoms with E-state index in [1.165, 1.54) is 18.4 Å². The van der Waals surface area contributed by atoms with Crippen LogP contribution < -0.4 is 10.1 Å². The fraction of sp³-hybridized carbons (Fsp3) is 0.571. The number of aromatic hydroxyl groups is 1. The topological polar surface area (TPSA) is 41.5 Å². The van der Waals surface area contributed by atoms with Crippen molar-refractivity contribution >= 4 is 0 Å². The second kappa shape index (κ2) is 5.41. The zero-order chi connectivity index (χ0) is 12.3. The Bertz CT molecular complexity index is 372. The maximum absolute atomic E-state index is 9.59. The summed E-state index contributed by atoms with van der Waals surface area (Å²) in [5.74, 6) is 1.96. The first-order valence-corrected chi connectivity index (χ1v) is 6.30. The molecule has 3 nitrogen and oxygen atoms in total. The third kappa shape index (κ3) is 2.72. The molecular formula is C14H21NO2. The first-order chi connectivity index (χ1) is 8.22. The van der Waals surface area contributed by atoms with Gasteiger partial charge < -0.3 is 15.2 Å². The minimum Gasteiger partial charge on any atom is -0.504 e. The van der Waals surface area contributed by atoms with E-state index in [-0.39, 0.29) is 5.75 Å². The van der Waals surface area contributed by atoms with Crippen molar-refractivity contribution in [1.82, 2.24) is 5.32 Å². The van der Waals surface area contributed by atoms with Crippen LogP contribution in [0.2, 0.25) is 0 Å². The average molecular weight is 235 g/mol. The molecule has 2 N–H and O–H groups in total. The molecule has 2 rings (SSSR count). The lowest BCUT2D eigenvalue weighted by Crippen LogP contribution is -2.32. The predicted molar refractivity (Wildman–Crippen MR) is 68.7 cm³/mol. The molecular weight excluding hydrogens is 214 g/mol. The number of phenols is 1. The van der Waals surface area contributed by atoms with Crippen molar-refractivity contribution in [3.05, 3.63) is 23.8 Å². The summed E-state index contributed by atoms with van der Waals surface area (Å²) in [6.45, 7) is 4.48. The van der Waals surface area contributed by atoms with Gasteiger partial charge in [0.2, 0.25) is 0 Å². The highest BCUT2D eigenvalue weighted by Gasteiger charge is 2.21. The Balaban J connectivity index is 2.15. The summed E-state index contributed by atoms with van der Waals surface area (Å²) in [5.41, 5.74) is 1.24. The van der Waals surface area contributed by atoms with E-state index in [9.17, 15) is 5.11 Å². The van der Waals surface area contributed by atoms with Crippen LogP contribution >= 0.6 is 0 Å². The van der Waals surface area contributed by atoms with Gasteiger partial charge in [-0.1, -0.05) is 13.0 Å². The molecule has 17 heavy (non-hydrogen) atoms. The maximum Gasteiger partial charge on any atom is 0.160 e. The number of benzene rings is 1. The SMILES string of the molecule is COc1cc(C(C)C2CCCNC2)ccc1O. The number of piperidine rings is 1. The van der Waals surface area contributed by atoms with Crippen LogP contribution in [0.3, 0.4) is 0 Å². The van der Waals surface area contributed by atoms with Crippen molar-refractivity contribution in [1.29, 1.82) is 0 Å². The van der Waals surface area contributed by atoms with E-state index in [0.29, 0.717) is 17.6 Å². The Morgan fingerprint density at radius 3 is 2.94 bits per heavy atom. The number of phenolic OH excluding ortho intramolecular Hbond substituents is 1. The van der Waals surface area contributed by atoms with E-state index in [1.54, 1.807) is 13.2 Å². The highest BCUT2D eigenvalue weighted by molar-refractivity contribution is 5.42. The largest absolute Gasteiger partial charge is 0.504 e. The minimum absolute atomic E-state index is 0.213. The first kappa shape index (κ1) is 12.2. The fourth-order valence-corrected chi connectivity index (χ4v) is 2.56. The van der Waals surface area contributed by atoms with Gasteiger partial charge in [-0.3, -0.25) is 0 Å². The Kier molecular flexibility index (Phi) is 3.89. The Morgan fingerprint density at radius 2 is 2.29 bits per heavy atom. The molecule has 0 radical (unpaired) electrons. The van der Waals surface area contributed by atoms with E-state index in [0.717, 1.165) is 13.1 Å². The Hall–Kier alpha value is -1.22. The second-order valence-corrected chi connectivity index (χ2v) is 4.83. The zero-order valence-corrected chi connectivity index (χ0v) is 10.6. The molecule has 1 aliphatic heterocycles. The molecule has 1 fully saturated rings. The first-order valence-electron chi connectivity index (χ1n) is 6.30. The molecule has 0 bridgehead atoms. The van der Waals surface area contributed by atoms with Crippen LogP contribution in [0.5, 0.6) is 11.5 Å². The number of methoxy groups -OCH3 is 1. The molecule has 3 heteroatoms. The summed E-state index contributed by atoms with van der Waals surface area (Å²) in [7, 11) is 1.59. The predicted octanol–water partition coefficient (Wildman–Crippen LogP) is 2.50. The van der Waals surface area contributed by atoms with E-state index in [2.05, 4.69) is 12.2 Å². The van der Waals surface area contributed by atoms with Gasteiger partial charge in [-0.15, -0.1) is 0 Å². The van der Waals surface area contributed by atoms with E-state index in [4.69, 9.17) is 4.74 Å². The maximum atomic E-state index is 9.59. The molecule has 0 aromatic heterocycles. The minimum atomic E-state index is 0.213. The van der Waals surface area contributed by atoms with Crippen molar-refractivity contribution < 1.29 is 9.84 Å². The summed E-state index contributed by atoms with van der Waals surface area (Å²) in [6, 6.07) is 5.67. The normalized spacial score (nSPS) is 22.1. The summed E-state index contributed by atoms with van der Waals surface area (Å²) in [5, 5.41) is 13.0. The number of nitrogens with one attached hydrogen (secondary N) is 1. The number of rotatable bonds is 3. The van der Waals surface area contributed by atoms with E-state index < -0.39 is 0 Å². The van der Waals surface area contributed by atoms with E-state index >= 15 is 0 Å². The Labute approximate surface area is 103 Å². The third-order valence-electron chi connectivity index (χ3n) is 3.77. The number of hydrogen-bond donors (Lipinski definition) is 2. The van der Waals surface area contributed by atoms with Gasteiger partial charge in [-0.05, 0) is 55.5 Å². The van der Waals surface area contributed by atoms with Gasteiger partial charge in [0.15, 0.2) is 11.5 Å². The van der Waals surface area contributed by atoms with E-state index in [1.807, 2.05) is 12.1 Å². The van der Waals surface area contributed by atoms with Crippen LogP contribution in [0.1, 0.15) is 31.2 Å². The fourth-order valence-electron chi connectivity index (χ4n) is 2.56. The quantitative estimate of drug-likeness (QED) is 0.845. The standard InChI is InChI=1S/C14H21NO2/c1-10(12-4-3-7-15-9-12)11-5-6-13(16)14(8-11)17-2/h5-6,8,10,12,15-16H,3-4,7,9H2,1-2H3. The summed E-state index contributed by atoms with van der Waals surface area (Å²) >= 11 is 0. The molecule has 1 aliphatic rings. The number of hydrogen-bond acceptors (Lipinski definition) is 3. The smallest absolute Gasteiger partial charge is 0.160 e. The molecule has 0 aliphatic carbocycles. The third-order valence-corrected chi connectivity index (χ3v) is 3.77. The molecule has 0 spiro atoms. The van der Waals surface area contributed by atoms with Crippen LogP contribution in [-0.4, -0.2) is 25.3 Å². The average Bonchev–Trinajstić information content (AvgIpc) is 2.39. The van der Waals surface area contributed by atoms with Crippen LogP contribution in [0.15, 0.2) is 18.2 Å². The van der Waals surface area contributed by atoms with Gasteiger partial charge in [-0.2, -0.15) is 0 Å². The van der Waals surface area contributed by atoms with Crippen LogP contribution in [-0.2, 0) is 0 Å². The molecule has 0 saturated carbocycles. The van der Waals surface area contributed by atoms with Crippen molar-refractivity contribution in [2.45, 2.75) is 25.7 Å². The van der Waals surface area contributed by atoms with Crippen LogP contribution in [0, 0.1) is 5.92 Å². The molecule has 94 valence electrons. The van der Waals surface area contributed by atoms with Crippen LogP contribution in [0.4, 0.5) is 0 Å². The molecule has 1 saturated heterocycles. The van der Waals surface area contributed by atoms with Crippen molar-refractivity contribution in [3.8, 4) is 11.5 Å². The number of ether oxygens (including phenoxy) is 1. The van der Waals surface area contributed by atoms with Crippen LogP contribution in [0.25, 0.3) is 0 Å². The Morgan fingerprint density at radius 1 is 1.47 bits per heavy atom. The highest BCUT2D eigenvalue weighted by atomic mass is 16.5. The van der Waals surface area contributed by atoms with Gasteiger partial charge in [0.25, 0.3) is 0 Å². The zero-order valence-electron chi connectivity index (χ0n) is 10.6. The molecule has 2 atom stereocenters. The summed E-state index contributed by atoms with van der Waals surface area (Å²) < 4.78 is 5.16. The van der Waals surface area contributed by atoms with Crippen molar-refractivity contribution in [2.24, 2.45) is 5.92 Å². The summed E-state index contributed by atoms with van der Waals surface area (Å²) in [4.78, 5) is 0. The van der Waals surface area contributed by atoms with Gasteiger partial charge in [-0.25, -0.2) is 0 Å². The summed E-state index contributed by atoms with van der Waals surface area (Å²) in [6.07, 6.45) is 2.53. The van der Waals surface area contributed by atoms with Crippen molar-refractivity contribution in [3.63, 3.8) is 0 Å². The molecule has 1 heterocycles. The second-order valence-electron chi connectivity index (χ2n) is 4.83. The lowest BCUT2D eigenvalue weighted by molar-refractivity contribution is 0.332. The van der Waals surface area contributed by atoms with Crippen molar-refractivity contribution in [2.75, 3.05) is 20.2 Å². The van der Waals surface area contributed by atoms with Gasteiger partial charge in [0.05, 0.1) is 7.11 Å². The van der Waals surface area contributed by atoms with Gasteiger partial charge in [0, 0.05) is 0 Å². The monoisotopic (exact) mass is 235 g/mol. The van der Waals surface area contributed by atoms with Gasteiger partial charge in [0.1, 0.15) is 0 Å². The molecule has 0 amide bonds. The molecule has 1 aromatic carbocycles.